The number of nitrogens with zero attached hydrogens (tertiary/aromatic N) is 2. The molecular formula is C21H34N4OS. The van der Waals surface area contributed by atoms with Crippen molar-refractivity contribution in [2.24, 2.45) is 10.4 Å². The summed E-state index contributed by atoms with van der Waals surface area (Å²) in [6.45, 7) is 5.19. The summed E-state index contributed by atoms with van der Waals surface area (Å²) in [6.07, 6.45) is 9.16. The van der Waals surface area contributed by atoms with Crippen molar-refractivity contribution in [2.45, 2.75) is 70.1 Å². The van der Waals surface area contributed by atoms with Gasteiger partial charge in [-0.3, -0.25) is 4.99 Å². The Balaban J connectivity index is 1.29. The van der Waals surface area contributed by atoms with Gasteiger partial charge in [-0.15, -0.1) is 11.3 Å². The maximum atomic E-state index is 6.05. The van der Waals surface area contributed by atoms with Gasteiger partial charge in [0.15, 0.2) is 5.96 Å². The SMILES string of the molecule is CCOC1CC(NC(=NC)NC2CCN(c3cccs3)CC2)C12CCCC2. The van der Waals surface area contributed by atoms with Crippen LogP contribution >= 0.6 is 11.3 Å². The van der Waals surface area contributed by atoms with Gasteiger partial charge in [0, 0.05) is 44.2 Å². The van der Waals surface area contributed by atoms with Crippen LogP contribution in [0.1, 0.15) is 51.9 Å². The lowest BCUT2D eigenvalue weighted by molar-refractivity contribution is -0.125. The maximum absolute atomic E-state index is 6.05. The van der Waals surface area contributed by atoms with Crippen LogP contribution in [0, 0.1) is 5.41 Å². The summed E-state index contributed by atoms with van der Waals surface area (Å²) in [4.78, 5) is 7.05. The molecule has 27 heavy (non-hydrogen) atoms. The molecule has 1 aromatic rings. The summed E-state index contributed by atoms with van der Waals surface area (Å²) in [5.41, 5.74) is 0.343. The van der Waals surface area contributed by atoms with Crippen molar-refractivity contribution < 1.29 is 4.74 Å². The summed E-state index contributed by atoms with van der Waals surface area (Å²) < 4.78 is 6.05. The van der Waals surface area contributed by atoms with Crippen molar-refractivity contribution in [3.8, 4) is 0 Å². The van der Waals surface area contributed by atoms with Crippen molar-refractivity contribution in [1.82, 2.24) is 10.6 Å². The summed E-state index contributed by atoms with van der Waals surface area (Å²) in [7, 11) is 1.90. The van der Waals surface area contributed by atoms with E-state index in [4.69, 9.17) is 4.74 Å². The van der Waals surface area contributed by atoms with Gasteiger partial charge in [-0.25, -0.2) is 0 Å². The van der Waals surface area contributed by atoms with E-state index in [1.165, 1.54) is 30.7 Å². The minimum Gasteiger partial charge on any atom is -0.378 e. The third kappa shape index (κ3) is 3.83. The highest BCUT2D eigenvalue weighted by Gasteiger charge is 2.57. The molecule has 2 N–H and O–H groups in total. The van der Waals surface area contributed by atoms with Gasteiger partial charge in [0.1, 0.15) is 0 Å². The van der Waals surface area contributed by atoms with Gasteiger partial charge >= 0.3 is 0 Å². The molecule has 2 aliphatic carbocycles. The van der Waals surface area contributed by atoms with Crippen molar-refractivity contribution in [3.05, 3.63) is 17.5 Å². The van der Waals surface area contributed by atoms with Crippen LogP contribution in [-0.4, -0.2) is 50.9 Å². The van der Waals surface area contributed by atoms with Crippen LogP contribution in [0.2, 0.25) is 0 Å². The predicted molar refractivity (Wildman–Crippen MR) is 114 cm³/mol. The third-order valence-corrected chi connectivity index (χ3v) is 7.80. The lowest BCUT2D eigenvalue weighted by Crippen LogP contribution is -2.65. The smallest absolute Gasteiger partial charge is 0.191 e. The second-order valence-electron chi connectivity index (χ2n) is 8.25. The van der Waals surface area contributed by atoms with Crippen LogP contribution in [0.25, 0.3) is 0 Å². The van der Waals surface area contributed by atoms with Crippen LogP contribution in [0.4, 0.5) is 5.00 Å². The second kappa shape index (κ2) is 8.39. The van der Waals surface area contributed by atoms with Crippen molar-refractivity contribution in [3.63, 3.8) is 0 Å². The summed E-state index contributed by atoms with van der Waals surface area (Å²) >= 11 is 1.84. The highest BCUT2D eigenvalue weighted by molar-refractivity contribution is 7.14. The Labute approximate surface area is 167 Å². The molecule has 5 nitrogen and oxygen atoms in total. The standard InChI is InChI=1S/C21H34N4OS/c1-3-26-18-15-17(21(18)10-4-5-11-21)24-20(22-2)23-16-8-12-25(13-9-16)19-7-6-14-27-19/h6-7,14,16-18H,3-5,8-13,15H2,1-2H3,(H2,22,23,24). The lowest BCUT2D eigenvalue weighted by atomic mass is 9.60. The Bertz CT molecular complexity index is 618. The van der Waals surface area contributed by atoms with E-state index >= 15 is 0 Å². The number of anilines is 1. The molecule has 150 valence electrons. The third-order valence-electron chi connectivity index (χ3n) is 6.88. The lowest BCUT2D eigenvalue weighted by Gasteiger charge is -2.54. The van der Waals surface area contributed by atoms with Gasteiger partial charge in [-0.1, -0.05) is 12.8 Å². The molecule has 0 bridgehead atoms. The molecule has 0 amide bonds. The number of rotatable bonds is 5. The van der Waals surface area contributed by atoms with E-state index in [2.05, 4.69) is 45.0 Å². The molecule has 0 radical (unpaired) electrons. The number of aliphatic imine (C=N–C) groups is 1. The second-order valence-corrected chi connectivity index (χ2v) is 9.17. The number of hydrogen-bond acceptors (Lipinski definition) is 4. The molecule has 3 aliphatic rings. The van der Waals surface area contributed by atoms with E-state index < -0.39 is 0 Å². The molecule has 4 rings (SSSR count). The molecule has 6 heteroatoms. The first-order valence-corrected chi connectivity index (χ1v) is 11.5. The summed E-state index contributed by atoms with van der Waals surface area (Å²) in [6, 6.07) is 5.39. The predicted octanol–water partition coefficient (Wildman–Crippen LogP) is 3.62. The highest BCUT2D eigenvalue weighted by Crippen LogP contribution is 2.54. The number of nitrogens with one attached hydrogen (secondary N) is 2. The Morgan fingerprint density at radius 2 is 2.07 bits per heavy atom. The van der Waals surface area contributed by atoms with Crippen LogP contribution in [-0.2, 0) is 4.74 Å². The van der Waals surface area contributed by atoms with Gasteiger partial charge in [0.05, 0.1) is 11.1 Å². The zero-order valence-corrected chi connectivity index (χ0v) is 17.6. The number of ether oxygens (including phenoxy) is 1. The van der Waals surface area contributed by atoms with E-state index in [0.29, 0.717) is 23.6 Å². The Kier molecular flexibility index (Phi) is 5.93. The average Bonchev–Trinajstić information content (AvgIpc) is 3.40. The number of guanidine groups is 1. The summed E-state index contributed by atoms with van der Waals surface area (Å²) in [5.74, 6) is 0.982. The van der Waals surface area contributed by atoms with Gasteiger partial charge in [0.25, 0.3) is 0 Å². The largest absolute Gasteiger partial charge is 0.378 e. The molecular weight excluding hydrogens is 356 g/mol. The zero-order chi connectivity index (χ0) is 18.7. The first-order chi connectivity index (χ1) is 13.2. The molecule has 0 aromatic carbocycles. The fraction of sp³-hybridized carbons (Fsp3) is 0.762. The van der Waals surface area contributed by atoms with Crippen molar-refractivity contribution in [2.75, 3.05) is 31.6 Å². The first-order valence-electron chi connectivity index (χ1n) is 10.6. The van der Waals surface area contributed by atoms with Gasteiger partial charge in [-0.2, -0.15) is 0 Å². The molecule has 1 spiro atoms. The molecule has 1 saturated heterocycles. The number of thiophene rings is 1. The van der Waals surface area contributed by atoms with E-state index in [1.807, 2.05) is 18.4 Å². The topological polar surface area (TPSA) is 48.9 Å². The van der Waals surface area contributed by atoms with Crippen LogP contribution < -0.4 is 15.5 Å². The van der Waals surface area contributed by atoms with E-state index in [1.54, 1.807) is 0 Å². The van der Waals surface area contributed by atoms with Gasteiger partial charge in [-0.05, 0) is 56.5 Å². The minimum absolute atomic E-state index is 0.343. The van der Waals surface area contributed by atoms with Crippen LogP contribution in [0.15, 0.2) is 22.5 Å². The maximum Gasteiger partial charge on any atom is 0.191 e. The Morgan fingerprint density at radius 3 is 2.70 bits per heavy atom. The molecule has 2 atom stereocenters. The minimum atomic E-state index is 0.343. The fourth-order valence-electron chi connectivity index (χ4n) is 5.31. The zero-order valence-electron chi connectivity index (χ0n) is 16.7. The summed E-state index contributed by atoms with van der Waals surface area (Å²) in [5, 5.41) is 11.0. The quantitative estimate of drug-likeness (QED) is 0.596. The normalized spacial score (nSPS) is 28.4. The number of hydrogen-bond donors (Lipinski definition) is 2. The van der Waals surface area contributed by atoms with Crippen LogP contribution in [0.3, 0.4) is 0 Å². The van der Waals surface area contributed by atoms with Gasteiger partial charge in [0.2, 0.25) is 0 Å². The highest BCUT2D eigenvalue weighted by atomic mass is 32.1. The molecule has 1 aliphatic heterocycles. The van der Waals surface area contributed by atoms with Crippen LogP contribution in [0.5, 0.6) is 0 Å². The van der Waals surface area contributed by atoms with Crippen molar-refractivity contribution in [1.29, 1.82) is 0 Å². The average molecular weight is 391 g/mol. The molecule has 3 fully saturated rings. The monoisotopic (exact) mass is 390 g/mol. The molecule has 2 saturated carbocycles. The van der Waals surface area contributed by atoms with E-state index in [-0.39, 0.29) is 0 Å². The van der Waals surface area contributed by atoms with E-state index in [9.17, 15) is 0 Å². The Hall–Kier alpha value is -1.27. The van der Waals surface area contributed by atoms with E-state index in [0.717, 1.165) is 44.9 Å². The first kappa shape index (κ1) is 19.1. The molecule has 2 unspecified atom stereocenters. The van der Waals surface area contributed by atoms with Gasteiger partial charge < -0.3 is 20.3 Å². The fourth-order valence-corrected chi connectivity index (χ4v) is 6.10. The Morgan fingerprint density at radius 1 is 1.30 bits per heavy atom. The molecule has 2 heterocycles. The van der Waals surface area contributed by atoms with Crippen molar-refractivity contribution >= 4 is 22.3 Å². The molecule has 1 aromatic heterocycles. The number of piperidine rings is 1.